The van der Waals surface area contributed by atoms with Gasteiger partial charge >= 0.3 is 6.03 Å². The third-order valence-corrected chi connectivity index (χ3v) is 1.72. The predicted octanol–water partition coefficient (Wildman–Crippen LogP) is 0.330. The molecular formula is C6H12N2OS. The van der Waals surface area contributed by atoms with Crippen LogP contribution < -0.4 is 5.32 Å². The van der Waals surface area contributed by atoms with Crippen molar-refractivity contribution in [3.8, 4) is 0 Å². The van der Waals surface area contributed by atoms with E-state index in [0.29, 0.717) is 6.04 Å². The lowest BCUT2D eigenvalue weighted by Crippen LogP contribution is -2.29. The van der Waals surface area contributed by atoms with Crippen molar-refractivity contribution in [1.29, 1.82) is 0 Å². The average molecular weight is 160 g/mol. The second-order valence-corrected chi connectivity index (χ2v) is 2.97. The van der Waals surface area contributed by atoms with Crippen molar-refractivity contribution in [2.45, 2.75) is 13.0 Å². The van der Waals surface area contributed by atoms with Gasteiger partial charge in [0.05, 0.1) is 0 Å². The van der Waals surface area contributed by atoms with Crippen molar-refractivity contribution in [3.05, 3.63) is 0 Å². The average Bonchev–Trinajstić information content (AvgIpc) is 2.13. The highest BCUT2D eigenvalue weighted by molar-refractivity contribution is 7.80. The molecule has 3 nitrogen and oxygen atoms in total. The van der Waals surface area contributed by atoms with Crippen molar-refractivity contribution < 1.29 is 4.79 Å². The van der Waals surface area contributed by atoms with E-state index in [4.69, 9.17) is 0 Å². The fraction of sp³-hybridized carbons (Fsp3) is 0.833. The molecule has 10 heavy (non-hydrogen) atoms. The number of carbonyl (C=O) groups excluding carboxylic acids is 1. The maximum atomic E-state index is 11.0. The summed E-state index contributed by atoms with van der Waals surface area (Å²) in [6, 6.07) is 0.342. The molecule has 2 amide bonds. The van der Waals surface area contributed by atoms with Crippen LogP contribution in [0.25, 0.3) is 0 Å². The van der Waals surface area contributed by atoms with Crippen LogP contribution in [0.15, 0.2) is 0 Å². The van der Waals surface area contributed by atoms with Crippen LogP contribution >= 0.6 is 12.6 Å². The Morgan fingerprint density at radius 3 is 3.00 bits per heavy atom. The molecule has 0 radical (unpaired) electrons. The van der Waals surface area contributed by atoms with Crippen molar-refractivity contribution in [2.24, 2.45) is 0 Å². The largest absolute Gasteiger partial charge is 0.334 e. The van der Waals surface area contributed by atoms with E-state index in [1.807, 2.05) is 6.92 Å². The first-order valence-electron chi connectivity index (χ1n) is 3.40. The summed E-state index contributed by atoms with van der Waals surface area (Å²) in [6.07, 6.45) is 0. The summed E-state index contributed by atoms with van der Waals surface area (Å²) in [5.41, 5.74) is 0. The molecule has 1 aliphatic heterocycles. The lowest BCUT2D eigenvalue weighted by atomic mass is 10.4. The molecule has 0 bridgehead atoms. The molecule has 1 saturated heterocycles. The summed E-state index contributed by atoms with van der Waals surface area (Å²) >= 11 is 4.04. The van der Waals surface area contributed by atoms with Gasteiger partial charge in [-0.1, -0.05) is 0 Å². The third-order valence-electron chi connectivity index (χ3n) is 1.52. The van der Waals surface area contributed by atoms with E-state index in [1.165, 1.54) is 0 Å². The zero-order chi connectivity index (χ0) is 7.56. The van der Waals surface area contributed by atoms with E-state index in [1.54, 1.807) is 4.90 Å². The number of hydrogen-bond acceptors (Lipinski definition) is 2. The maximum Gasteiger partial charge on any atom is 0.317 e. The minimum Gasteiger partial charge on any atom is -0.334 e. The molecule has 0 spiro atoms. The first-order valence-corrected chi connectivity index (χ1v) is 4.03. The fourth-order valence-electron chi connectivity index (χ4n) is 1.07. The van der Waals surface area contributed by atoms with Crippen molar-refractivity contribution >= 4 is 18.7 Å². The number of hydrogen-bond donors (Lipinski definition) is 2. The van der Waals surface area contributed by atoms with Gasteiger partial charge in [-0.15, -0.1) is 0 Å². The SMILES string of the molecule is CC1CN(CCS)C(=O)N1. The zero-order valence-electron chi connectivity index (χ0n) is 6.00. The fourth-order valence-corrected chi connectivity index (χ4v) is 1.32. The number of amides is 2. The molecule has 1 heterocycles. The Morgan fingerprint density at radius 2 is 2.60 bits per heavy atom. The summed E-state index contributed by atoms with van der Waals surface area (Å²) in [4.78, 5) is 12.7. The third kappa shape index (κ3) is 1.56. The number of urea groups is 1. The first-order chi connectivity index (χ1) is 4.74. The Kier molecular flexibility index (Phi) is 2.43. The van der Waals surface area contributed by atoms with Crippen LogP contribution in [0.2, 0.25) is 0 Å². The van der Waals surface area contributed by atoms with Gasteiger partial charge in [0.25, 0.3) is 0 Å². The molecule has 0 aromatic rings. The lowest BCUT2D eigenvalue weighted by Gasteiger charge is -2.11. The van der Waals surface area contributed by atoms with Gasteiger partial charge in [0, 0.05) is 24.9 Å². The second-order valence-electron chi connectivity index (χ2n) is 2.52. The van der Waals surface area contributed by atoms with E-state index < -0.39 is 0 Å². The van der Waals surface area contributed by atoms with Crippen LogP contribution in [-0.2, 0) is 0 Å². The number of carbonyl (C=O) groups is 1. The van der Waals surface area contributed by atoms with Gasteiger partial charge in [-0.3, -0.25) is 0 Å². The molecule has 0 aliphatic carbocycles. The molecule has 0 aromatic heterocycles. The number of nitrogens with one attached hydrogen (secondary N) is 1. The Balaban J connectivity index is 2.39. The minimum atomic E-state index is 0.0431. The minimum absolute atomic E-state index is 0.0431. The summed E-state index contributed by atoms with van der Waals surface area (Å²) < 4.78 is 0. The van der Waals surface area contributed by atoms with Crippen LogP contribution in [0.3, 0.4) is 0 Å². The normalized spacial score (nSPS) is 25.2. The van der Waals surface area contributed by atoms with Crippen LogP contribution in [-0.4, -0.2) is 35.8 Å². The van der Waals surface area contributed by atoms with Gasteiger partial charge in [0.15, 0.2) is 0 Å². The molecule has 4 heteroatoms. The quantitative estimate of drug-likeness (QED) is 0.561. The first kappa shape index (κ1) is 7.72. The van der Waals surface area contributed by atoms with E-state index in [0.717, 1.165) is 18.8 Å². The Labute approximate surface area is 66.2 Å². The molecule has 1 fully saturated rings. The Morgan fingerprint density at radius 1 is 1.90 bits per heavy atom. The molecule has 1 N–H and O–H groups in total. The van der Waals surface area contributed by atoms with Crippen LogP contribution in [0.5, 0.6) is 0 Å². The standard InChI is InChI=1S/C6H12N2OS/c1-5-4-8(2-3-10)6(9)7-5/h5,10H,2-4H2,1H3,(H,7,9). The highest BCUT2D eigenvalue weighted by Gasteiger charge is 2.23. The van der Waals surface area contributed by atoms with Crippen LogP contribution in [0.4, 0.5) is 4.79 Å². The highest BCUT2D eigenvalue weighted by Crippen LogP contribution is 2.02. The van der Waals surface area contributed by atoms with Crippen molar-refractivity contribution in [1.82, 2.24) is 10.2 Å². The predicted molar refractivity (Wildman–Crippen MR) is 43.4 cm³/mol. The summed E-state index contributed by atoms with van der Waals surface area (Å²) in [6.45, 7) is 3.56. The highest BCUT2D eigenvalue weighted by atomic mass is 32.1. The second kappa shape index (κ2) is 3.14. The van der Waals surface area contributed by atoms with Crippen LogP contribution in [0.1, 0.15) is 6.92 Å². The van der Waals surface area contributed by atoms with Crippen molar-refractivity contribution in [3.63, 3.8) is 0 Å². The Hall–Kier alpha value is -0.380. The molecule has 1 unspecified atom stereocenters. The van der Waals surface area contributed by atoms with Gasteiger partial charge in [0.1, 0.15) is 0 Å². The van der Waals surface area contributed by atoms with E-state index in [2.05, 4.69) is 17.9 Å². The number of rotatable bonds is 2. The monoisotopic (exact) mass is 160 g/mol. The molecule has 1 aliphatic rings. The van der Waals surface area contributed by atoms with E-state index >= 15 is 0 Å². The molecule has 0 aromatic carbocycles. The molecule has 58 valence electrons. The summed E-state index contributed by atoms with van der Waals surface area (Å²) in [5, 5.41) is 2.80. The topological polar surface area (TPSA) is 32.3 Å². The molecular weight excluding hydrogens is 148 g/mol. The van der Waals surface area contributed by atoms with Gasteiger partial charge < -0.3 is 10.2 Å². The summed E-state index contributed by atoms with van der Waals surface area (Å²) in [5.74, 6) is 0.736. The molecule has 1 atom stereocenters. The van der Waals surface area contributed by atoms with Gasteiger partial charge in [-0.25, -0.2) is 4.79 Å². The molecule has 0 saturated carbocycles. The Bertz CT molecular complexity index is 140. The molecule has 1 rings (SSSR count). The van der Waals surface area contributed by atoms with Gasteiger partial charge in [-0.2, -0.15) is 12.6 Å². The smallest absolute Gasteiger partial charge is 0.317 e. The zero-order valence-corrected chi connectivity index (χ0v) is 6.90. The number of nitrogens with zero attached hydrogens (tertiary/aromatic N) is 1. The lowest BCUT2D eigenvalue weighted by molar-refractivity contribution is 0.220. The van der Waals surface area contributed by atoms with Gasteiger partial charge in [0.2, 0.25) is 0 Å². The number of thiol groups is 1. The van der Waals surface area contributed by atoms with E-state index in [-0.39, 0.29) is 6.03 Å². The van der Waals surface area contributed by atoms with Crippen molar-refractivity contribution in [2.75, 3.05) is 18.8 Å². The summed E-state index contributed by atoms with van der Waals surface area (Å²) in [7, 11) is 0. The van der Waals surface area contributed by atoms with Gasteiger partial charge in [-0.05, 0) is 6.92 Å². The maximum absolute atomic E-state index is 11.0. The van der Waals surface area contributed by atoms with E-state index in [9.17, 15) is 4.79 Å². The van der Waals surface area contributed by atoms with Crippen LogP contribution in [0, 0.1) is 0 Å².